The summed E-state index contributed by atoms with van der Waals surface area (Å²) in [6, 6.07) is 7.00. The van der Waals surface area contributed by atoms with Gasteiger partial charge in [-0.05, 0) is 56.1 Å². The van der Waals surface area contributed by atoms with E-state index < -0.39 is 0 Å². The maximum Gasteiger partial charge on any atom is 0.203 e. The average molecular weight is 440 g/mol. The van der Waals surface area contributed by atoms with Crippen LogP contribution in [0.3, 0.4) is 0 Å². The lowest BCUT2D eigenvalue weighted by Crippen LogP contribution is -1.99. The summed E-state index contributed by atoms with van der Waals surface area (Å²) in [6.07, 6.45) is 0. The standard InChI is InChI=1S/C11H6Br3NOS/c12-6-1-5(2-7(15)3-6)10(16)9-4-8(13)11(14)17-9/h1-4H,15H2. The van der Waals surface area contributed by atoms with Gasteiger partial charge in [-0.15, -0.1) is 11.3 Å². The first-order valence-corrected chi connectivity index (χ1v) is 7.72. The van der Waals surface area contributed by atoms with E-state index in [-0.39, 0.29) is 5.78 Å². The number of nitrogen functional groups attached to an aromatic ring is 1. The van der Waals surface area contributed by atoms with E-state index in [9.17, 15) is 4.79 Å². The molecule has 17 heavy (non-hydrogen) atoms. The maximum absolute atomic E-state index is 12.2. The van der Waals surface area contributed by atoms with Crippen molar-refractivity contribution in [3.63, 3.8) is 0 Å². The third-order valence-electron chi connectivity index (χ3n) is 2.05. The Kier molecular flexibility index (Phi) is 4.07. The van der Waals surface area contributed by atoms with Gasteiger partial charge in [0.25, 0.3) is 0 Å². The number of nitrogens with two attached hydrogens (primary N) is 1. The molecule has 0 unspecified atom stereocenters. The van der Waals surface area contributed by atoms with Crippen LogP contribution in [-0.4, -0.2) is 5.78 Å². The first-order chi connectivity index (χ1) is 7.97. The second-order valence-electron chi connectivity index (χ2n) is 3.33. The smallest absolute Gasteiger partial charge is 0.203 e. The summed E-state index contributed by atoms with van der Waals surface area (Å²) in [7, 11) is 0. The Balaban J connectivity index is 2.43. The van der Waals surface area contributed by atoms with E-state index in [1.807, 2.05) is 0 Å². The molecule has 0 aliphatic rings. The molecule has 2 nitrogen and oxygen atoms in total. The lowest BCUT2D eigenvalue weighted by atomic mass is 10.1. The summed E-state index contributed by atoms with van der Waals surface area (Å²) in [5, 5.41) is 0. The van der Waals surface area contributed by atoms with Crippen LogP contribution >= 0.6 is 59.1 Å². The Morgan fingerprint density at radius 3 is 2.35 bits per heavy atom. The van der Waals surface area contributed by atoms with Gasteiger partial charge < -0.3 is 5.73 Å². The van der Waals surface area contributed by atoms with E-state index in [1.54, 1.807) is 24.3 Å². The molecule has 0 saturated carbocycles. The molecule has 0 bridgehead atoms. The quantitative estimate of drug-likeness (QED) is 0.537. The molecule has 0 aliphatic carbocycles. The van der Waals surface area contributed by atoms with Crippen molar-refractivity contribution in [1.82, 2.24) is 0 Å². The number of thiophene rings is 1. The van der Waals surface area contributed by atoms with Crippen LogP contribution in [0.4, 0.5) is 5.69 Å². The number of hydrogen-bond donors (Lipinski definition) is 1. The molecule has 0 saturated heterocycles. The van der Waals surface area contributed by atoms with Crippen molar-refractivity contribution >= 4 is 70.6 Å². The molecule has 1 aromatic heterocycles. The van der Waals surface area contributed by atoms with Crippen LogP contribution in [0.1, 0.15) is 15.2 Å². The predicted molar refractivity (Wildman–Crippen MR) is 81.7 cm³/mol. The molecule has 2 rings (SSSR count). The van der Waals surface area contributed by atoms with Crippen LogP contribution in [0.2, 0.25) is 0 Å². The van der Waals surface area contributed by atoms with Crippen LogP contribution in [-0.2, 0) is 0 Å². The van der Waals surface area contributed by atoms with Gasteiger partial charge in [0.05, 0.1) is 8.66 Å². The first-order valence-electron chi connectivity index (χ1n) is 4.53. The molecule has 0 amide bonds. The highest BCUT2D eigenvalue weighted by atomic mass is 79.9. The van der Waals surface area contributed by atoms with Gasteiger partial charge in [-0.1, -0.05) is 15.9 Å². The number of rotatable bonds is 2. The van der Waals surface area contributed by atoms with Crippen LogP contribution < -0.4 is 5.73 Å². The molecule has 2 N–H and O–H groups in total. The van der Waals surface area contributed by atoms with Gasteiger partial charge in [0, 0.05) is 20.2 Å². The fourth-order valence-corrected chi connectivity index (χ4v) is 3.85. The van der Waals surface area contributed by atoms with E-state index in [4.69, 9.17) is 5.73 Å². The monoisotopic (exact) mass is 437 g/mol. The molecule has 1 heterocycles. The van der Waals surface area contributed by atoms with Gasteiger partial charge in [-0.25, -0.2) is 0 Å². The van der Waals surface area contributed by atoms with Crippen molar-refractivity contribution in [2.45, 2.75) is 0 Å². The minimum atomic E-state index is -0.0330. The molecule has 0 radical (unpaired) electrons. The summed E-state index contributed by atoms with van der Waals surface area (Å²) in [6.45, 7) is 0. The zero-order valence-corrected chi connectivity index (χ0v) is 13.9. The number of halogens is 3. The molecule has 88 valence electrons. The molecule has 2 aromatic rings. The molecule has 0 fully saturated rings. The highest BCUT2D eigenvalue weighted by Crippen LogP contribution is 2.34. The average Bonchev–Trinajstić information content (AvgIpc) is 2.57. The zero-order chi connectivity index (χ0) is 12.6. The van der Waals surface area contributed by atoms with Crippen LogP contribution in [0.5, 0.6) is 0 Å². The van der Waals surface area contributed by atoms with Crippen molar-refractivity contribution in [3.05, 3.63) is 47.4 Å². The van der Waals surface area contributed by atoms with Crippen molar-refractivity contribution in [3.8, 4) is 0 Å². The van der Waals surface area contributed by atoms with Gasteiger partial charge in [-0.2, -0.15) is 0 Å². The van der Waals surface area contributed by atoms with Crippen LogP contribution in [0, 0.1) is 0 Å². The van der Waals surface area contributed by atoms with Gasteiger partial charge in [0.15, 0.2) is 0 Å². The third kappa shape index (κ3) is 2.99. The fraction of sp³-hybridized carbons (Fsp3) is 0. The SMILES string of the molecule is Nc1cc(Br)cc(C(=O)c2cc(Br)c(Br)s2)c1. The van der Waals surface area contributed by atoms with Gasteiger partial charge in [-0.3, -0.25) is 4.79 Å². The van der Waals surface area contributed by atoms with Gasteiger partial charge in [0.2, 0.25) is 5.78 Å². The second kappa shape index (κ2) is 5.22. The summed E-state index contributed by atoms with van der Waals surface area (Å²) in [5.74, 6) is -0.0330. The number of hydrogen-bond acceptors (Lipinski definition) is 3. The second-order valence-corrected chi connectivity index (χ2v) is 7.47. The third-order valence-corrected chi connectivity index (χ3v) is 5.76. The molecule has 6 heteroatoms. The lowest BCUT2D eigenvalue weighted by molar-refractivity contribution is 0.104. The molecular weight excluding hydrogens is 434 g/mol. The summed E-state index contributed by atoms with van der Waals surface area (Å²) >= 11 is 11.5. The lowest BCUT2D eigenvalue weighted by Gasteiger charge is -2.01. The molecule has 0 atom stereocenters. The number of anilines is 1. The van der Waals surface area contributed by atoms with Gasteiger partial charge >= 0.3 is 0 Å². The zero-order valence-electron chi connectivity index (χ0n) is 8.34. The normalized spacial score (nSPS) is 10.5. The number of benzene rings is 1. The Morgan fingerprint density at radius 1 is 1.12 bits per heavy atom. The maximum atomic E-state index is 12.2. The highest BCUT2D eigenvalue weighted by molar-refractivity contribution is 9.13. The summed E-state index contributed by atoms with van der Waals surface area (Å²) < 4.78 is 2.59. The Labute approximate surface area is 128 Å². The van der Waals surface area contributed by atoms with E-state index in [0.717, 1.165) is 12.7 Å². The Hall–Kier alpha value is -0.170. The largest absolute Gasteiger partial charge is 0.399 e. The number of carbonyl (C=O) groups is 1. The number of ketones is 1. The molecular formula is C11H6Br3NOS. The van der Waals surface area contributed by atoms with Crippen molar-refractivity contribution in [2.75, 3.05) is 5.73 Å². The predicted octanol–water partition coefficient (Wildman–Crippen LogP) is 4.85. The molecule has 1 aromatic carbocycles. The van der Waals surface area contributed by atoms with Crippen molar-refractivity contribution in [1.29, 1.82) is 0 Å². The Morgan fingerprint density at radius 2 is 1.82 bits per heavy atom. The van der Waals surface area contributed by atoms with E-state index in [2.05, 4.69) is 47.8 Å². The van der Waals surface area contributed by atoms with Crippen molar-refractivity contribution in [2.24, 2.45) is 0 Å². The van der Waals surface area contributed by atoms with Crippen LogP contribution in [0.15, 0.2) is 37.0 Å². The van der Waals surface area contributed by atoms with Gasteiger partial charge in [0.1, 0.15) is 0 Å². The fourth-order valence-electron chi connectivity index (χ4n) is 1.34. The minimum absolute atomic E-state index is 0.0330. The van der Waals surface area contributed by atoms with Crippen molar-refractivity contribution < 1.29 is 4.79 Å². The highest BCUT2D eigenvalue weighted by Gasteiger charge is 2.14. The van der Waals surface area contributed by atoms with E-state index >= 15 is 0 Å². The molecule has 0 aliphatic heterocycles. The molecule has 0 spiro atoms. The van der Waals surface area contributed by atoms with Crippen LogP contribution in [0.25, 0.3) is 0 Å². The Bertz CT molecular complexity index is 555. The first kappa shape index (κ1) is 13.3. The van der Waals surface area contributed by atoms with E-state index in [1.165, 1.54) is 11.3 Å². The topological polar surface area (TPSA) is 43.1 Å². The summed E-state index contributed by atoms with van der Waals surface area (Å²) in [4.78, 5) is 12.9. The van der Waals surface area contributed by atoms with E-state index in [0.29, 0.717) is 16.1 Å². The summed E-state index contributed by atoms with van der Waals surface area (Å²) in [5.41, 5.74) is 6.86. The minimum Gasteiger partial charge on any atom is -0.399 e. The number of carbonyl (C=O) groups excluding carboxylic acids is 1.